The van der Waals surface area contributed by atoms with Gasteiger partial charge in [0.1, 0.15) is 10.6 Å². The van der Waals surface area contributed by atoms with E-state index in [1.807, 2.05) is 0 Å². The maximum atomic E-state index is 11.9. The first kappa shape index (κ1) is 15.0. The number of benzene rings is 1. The van der Waals surface area contributed by atoms with Gasteiger partial charge in [-0.25, -0.2) is 13.6 Å². The lowest BCUT2D eigenvalue weighted by atomic mass is 10.1. The summed E-state index contributed by atoms with van der Waals surface area (Å²) < 4.78 is 24.0. The number of aromatic hydroxyl groups is 1. The van der Waals surface area contributed by atoms with Crippen LogP contribution >= 0.6 is 0 Å². The number of rotatable bonds is 4. The number of nitrogens with zero attached hydrogens (tertiary/aromatic N) is 2. The Kier molecular flexibility index (Phi) is 3.96. The molecule has 0 radical (unpaired) electrons. The van der Waals surface area contributed by atoms with E-state index in [9.17, 15) is 13.2 Å². The summed E-state index contributed by atoms with van der Waals surface area (Å²) in [5.41, 5.74) is 0.665. The minimum Gasteiger partial charge on any atom is -0.508 e. The van der Waals surface area contributed by atoms with E-state index in [1.54, 1.807) is 12.1 Å². The number of sulfonamides is 1. The maximum Gasteiger partial charge on any atom is 0.243 e. The van der Waals surface area contributed by atoms with Crippen molar-refractivity contribution >= 4 is 21.7 Å². The minimum absolute atomic E-state index is 0.0148. The molecule has 1 aromatic carbocycles. The molecule has 1 aromatic heterocycles. The van der Waals surface area contributed by atoms with Crippen molar-refractivity contribution in [1.29, 1.82) is 0 Å². The predicted octanol–water partition coefficient (Wildman–Crippen LogP) is -0.0457. The molecular weight excluding hydrogens is 296 g/mol. The number of aryl methyl sites for hydroxylation is 1. The van der Waals surface area contributed by atoms with Crippen LogP contribution in [0.2, 0.25) is 0 Å². The third-order valence-corrected chi connectivity index (χ3v) is 3.57. The van der Waals surface area contributed by atoms with Gasteiger partial charge >= 0.3 is 0 Å². The van der Waals surface area contributed by atoms with Crippen LogP contribution in [0, 0.1) is 0 Å². The Labute approximate surface area is 121 Å². The Morgan fingerprint density at radius 3 is 2.57 bits per heavy atom. The standard InChI is InChI=1S/C12H14N4O4S/c1-16-7-10(21(13,19)20)12(15-16)14-11(18)6-8-2-4-9(17)5-3-8/h2-5,7,17H,6H2,1H3,(H2,13,19,20)(H,14,15,18). The summed E-state index contributed by atoms with van der Waals surface area (Å²) in [7, 11) is -2.45. The second-order valence-corrected chi connectivity index (χ2v) is 5.98. The molecule has 0 unspecified atom stereocenters. The highest BCUT2D eigenvalue weighted by atomic mass is 32.2. The maximum absolute atomic E-state index is 11.9. The molecule has 0 spiro atoms. The first-order valence-corrected chi connectivity index (χ1v) is 7.44. The van der Waals surface area contributed by atoms with Gasteiger partial charge in [0, 0.05) is 13.2 Å². The van der Waals surface area contributed by atoms with Gasteiger partial charge in [-0.1, -0.05) is 12.1 Å². The predicted molar refractivity (Wildman–Crippen MR) is 75.0 cm³/mol. The van der Waals surface area contributed by atoms with E-state index in [-0.39, 0.29) is 22.9 Å². The van der Waals surface area contributed by atoms with E-state index < -0.39 is 15.9 Å². The summed E-state index contributed by atoms with van der Waals surface area (Å²) in [6, 6.07) is 6.10. The molecule has 2 rings (SSSR count). The number of amides is 1. The average molecular weight is 310 g/mol. The smallest absolute Gasteiger partial charge is 0.243 e. The fourth-order valence-corrected chi connectivity index (χ4v) is 2.40. The molecule has 4 N–H and O–H groups in total. The van der Waals surface area contributed by atoms with Gasteiger partial charge in [-0.3, -0.25) is 9.48 Å². The van der Waals surface area contributed by atoms with Crippen LogP contribution < -0.4 is 10.5 Å². The molecule has 0 fully saturated rings. The summed E-state index contributed by atoms with van der Waals surface area (Å²) in [6.45, 7) is 0. The largest absolute Gasteiger partial charge is 0.508 e. The molecular formula is C12H14N4O4S. The number of hydrogen-bond acceptors (Lipinski definition) is 5. The van der Waals surface area contributed by atoms with Crippen molar-refractivity contribution in [2.45, 2.75) is 11.3 Å². The fraction of sp³-hybridized carbons (Fsp3) is 0.167. The van der Waals surface area contributed by atoms with Crippen LogP contribution in [-0.2, 0) is 28.3 Å². The number of phenols is 1. The quantitative estimate of drug-likeness (QED) is 0.730. The van der Waals surface area contributed by atoms with E-state index >= 15 is 0 Å². The molecule has 0 saturated carbocycles. The van der Waals surface area contributed by atoms with Gasteiger partial charge in [0.05, 0.1) is 6.42 Å². The molecule has 0 atom stereocenters. The van der Waals surface area contributed by atoms with Crippen molar-refractivity contribution in [2.24, 2.45) is 12.2 Å². The van der Waals surface area contributed by atoms with Gasteiger partial charge < -0.3 is 10.4 Å². The molecule has 21 heavy (non-hydrogen) atoms. The number of nitrogens with two attached hydrogens (primary N) is 1. The summed E-state index contributed by atoms with van der Waals surface area (Å²) >= 11 is 0. The zero-order valence-electron chi connectivity index (χ0n) is 11.1. The zero-order valence-corrected chi connectivity index (χ0v) is 12.0. The molecule has 8 nitrogen and oxygen atoms in total. The van der Waals surface area contributed by atoms with Crippen LogP contribution in [0.15, 0.2) is 35.4 Å². The molecule has 112 valence electrons. The molecule has 0 aliphatic carbocycles. The fourth-order valence-electron chi connectivity index (χ4n) is 1.74. The average Bonchev–Trinajstić information content (AvgIpc) is 2.73. The van der Waals surface area contributed by atoms with E-state index in [2.05, 4.69) is 10.4 Å². The highest BCUT2D eigenvalue weighted by Gasteiger charge is 2.19. The van der Waals surface area contributed by atoms with Gasteiger partial charge in [0.2, 0.25) is 15.9 Å². The lowest BCUT2D eigenvalue weighted by Crippen LogP contribution is -2.19. The van der Waals surface area contributed by atoms with Gasteiger partial charge in [-0.2, -0.15) is 5.10 Å². The lowest BCUT2D eigenvalue weighted by molar-refractivity contribution is -0.115. The second kappa shape index (κ2) is 5.54. The molecule has 0 saturated heterocycles. The molecule has 0 aliphatic heterocycles. The van der Waals surface area contributed by atoms with E-state index in [1.165, 1.54) is 30.1 Å². The third-order valence-electron chi connectivity index (χ3n) is 2.66. The van der Waals surface area contributed by atoms with Crippen molar-refractivity contribution in [3.63, 3.8) is 0 Å². The van der Waals surface area contributed by atoms with Crippen LogP contribution in [0.3, 0.4) is 0 Å². The second-order valence-electron chi connectivity index (χ2n) is 4.45. The lowest BCUT2D eigenvalue weighted by Gasteiger charge is -2.04. The Morgan fingerprint density at radius 1 is 1.38 bits per heavy atom. The number of phenolic OH excluding ortho intramolecular Hbond substituents is 1. The van der Waals surface area contributed by atoms with Gasteiger partial charge in [-0.15, -0.1) is 0 Å². The SMILES string of the molecule is Cn1cc(S(N)(=O)=O)c(NC(=O)Cc2ccc(O)cc2)n1. The van der Waals surface area contributed by atoms with Crippen LogP contribution in [0.4, 0.5) is 5.82 Å². The summed E-state index contributed by atoms with van der Waals surface area (Å²) in [4.78, 5) is 11.7. The monoisotopic (exact) mass is 310 g/mol. The van der Waals surface area contributed by atoms with Crippen molar-refractivity contribution in [3.05, 3.63) is 36.0 Å². The molecule has 9 heteroatoms. The van der Waals surface area contributed by atoms with E-state index in [4.69, 9.17) is 10.2 Å². The molecule has 2 aromatic rings. The Morgan fingerprint density at radius 2 is 2.00 bits per heavy atom. The first-order valence-electron chi connectivity index (χ1n) is 5.90. The summed E-state index contributed by atoms with van der Waals surface area (Å²) in [5, 5.41) is 20.5. The van der Waals surface area contributed by atoms with Crippen LogP contribution in [0.1, 0.15) is 5.56 Å². The number of hydrogen-bond donors (Lipinski definition) is 3. The topological polar surface area (TPSA) is 127 Å². The summed E-state index contributed by atoms with van der Waals surface area (Å²) in [5.74, 6) is -0.450. The number of primary sulfonamides is 1. The molecule has 0 aliphatic rings. The number of carbonyl (C=O) groups is 1. The highest BCUT2D eigenvalue weighted by Crippen LogP contribution is 2.18. The van der Waals surface area contributed by atoms with E-state index in [0.717, 1.165) is 0 Å². The van der Waals surface area contributed by atoms with Crippen LogP contribution in [0.5, 0.6) is 5.75 Å². The first-order chi connectivity index (χ1) is 9.75. The van der Waals surface area contributed by atoms with Crippen molar-refractivity contribution < 1.29 is 18.3 Å². The highest BCUT2D eigenvalue weighted by molar-refractivity contribution is 7.89. The molecule has 1 heterocycles. The number of anilines is 1. The van der Waals surface area contributed by atoms with Crippen molar-refractivity contribution in [3.8, 4) is 5.75 Å². The molecule has 1 amide bonds. The van der Waals surface area contributed by atoms with Gasteiger partial charge in [0.15, 0.2) is 5.82 Å². The Bertz CT molecular complexity index is 765. The van der Waals surface area contributed by atoms with Gasteiger partial charge in [0.25, 0.3) is 0 Å². The van der Waals surface area contributed by atoms with Crippen molar-refractivity contribution in [1.82, 2.24) is 9.78 Å². The van der Waals surface area contributed by atoms with E-state index in [0.29, 0.717) is 5.56 Å². The number of aromatic nitrogens is 2. The Balaban J connectivity index is 2.15. The number of carbonyl (C=O) groups excluding carboxylic acids is 1. The van der Waals surface area contributed by atoms with Crippen LogP contribution in [-0.4, -0.2) is 29.2 Å². The normalized spacial score (nSPS) is 11.3. The molecule has 0 bridgehead atoms. The third kappa shape index (κ3) is 3.80. The van der Waals surface area contributed by atoms with Gasteiger partial charge in [-0.05, 0) is 17.7 Å². The van der Waals surface area contributed by atoms with Crippen molar-refractivity contribution in [2.75, 3.05) is 5.32 Å². The Hall–Kier alpha value is -2.39. The van der Waals surface area contributed by atoms with Crippen LogP contribution in [0.25, 0.3) is 0 Å². The summed E-state index contributed by atoms with van der Waals surface area (Å²) in [6.07, 6.45) is 1.23. The minimum atomic E-state index is -3.97. The number of nitrogens with one attached hydrogen (secondary N) is 1. The zero-order chi connectivity index (χ0) is 15.6.